The lowest BCUT2D eigenvalue weighted by molar-refractivity contribution is -0.135. The minimum Gasteiger partial charge on any atom is -0.331 e. The summed E-state index contributed by atoms with van der Waals surface area (Å²) in [6, 6.07) is 10.5. The van der Waals surface area contributed by atoms with Crippen molar-refractivity contribution in [1.82, 2.24) is 4.90 Å². The summed E-state index contributed by atoms with van der Waals surface area (Å²) in [5, 5.41) is 0.426. The second-order valence-corrected chi connectivity index (χ2v) is 6.10. The molecule has 0 bridgehead atoms. The summed E-state index contributed by atoms with van der Waals surface area (Å²) in [5.74, 6) is 1.98. The van der Waals surface area contributed by atoms with Gasteiger partial charge in [0.05, 0.1) is 5.37 Å². The molecule has 2 atom stereocenters. The van der Waals surface area contributed by atoms with Crippen molar-refractivity contribution in [1.29, 1.82) is 0 Å². The molecule has 3 heteroatoms. The molecule has 2 aliphatic rings. The first kappa shape index (κ1) is 11.1. The van der Waals surface area contributed by atoms with Gasteiger partial charge >= 0.3 is 0 Å². The highest BCUT2D eigenvalue weighted by atomic mass is 32.2. The largest absolute Gasteiger partial charge is 0.331 e. The van der Waals surface area contributed by atoms with Crippen LogP contribution in [0.15, 0.2) is 30.3 Å². The van der Waals surface area contributed by atoms with Gasteiger partial charge in [-0.05, 0) is 30.1 Å². The molecule has 0 aliphatic carbocycles. The molecular formula is C14H17NOS. The van der Waals surface area contributed by atoms with E-state index in [-0.39, 0.29) is 0 Å². The SMILES string of the molecule is O=C1C[C@H](c2ccccc2)C[C@H]2SCCCN12. The van der Waals surface area contributed by atoms with Crippen LogP contribution in [0.2, 0.25) is 0 Å². The first-order chi connectivity index (χ1) is 8.34. The molecule has 2 fully saturated rings. The van der Waals surface area contributed by atoms with Crippen molar-refractivity contribution in [3.8, 4) is 0 Å². The van der Waals surface area contributed by atoms with E-state index in [4.69, 9.17) is 0 Å². The predicted octanol–water partition coefficient (Wildman–Crippen LogP) is 2.86. The highest BCUT2D eigenvalue weighted by Gasteiger charge is 2.35. The van der Waals surface area contributed by atoms with E-state index >= 15 is 0 Å². The molecule has 90 valence electrons. The molecule has 1 aromatic rings. The Morgan fingerprint density at radius 2 is 2.06 bits per heavy atom. The van der Waals surface area contributed by atoms with Crippen LogP contribution in [0.1, 0.15) is 30.7 Å². The second kappa shape index (κ2) is 4.73. The Morgan fingerprint density at radius 3 is 2.88 bits per heavy atom. The molecule has 0 saturated carbocycles. The number of rotatable bonds is 1. The Bertz CT molecular complexity index is 406. The van der Waals surface area contributed by atoms with E-state index < -0.39 is 0 Å². The molecule has 2 saturated heterocycles. The maximum Gasteiger partial charge on any atom is 0.224 e. The van der Waals surface area contributed by atoms with Gasteiger partial charge < -0.3 is 4.90 Å². The number of hydrogen-bond acceptors (Lipinski definition) is 2. The average molecular weight is 247 g/mol. The van der Waals surface area contributed by atoms with E-state index in [1.54, 1.807) is 0 Å². The minimum atomic E-state index is 0.349. The van der Waals surface area contributed by atoms with E-state index in [0.29, 0.717) is 23.6 Å². The Morgan fingerprint density at radius 1 is 1.24 bits per heavy atom. The van der Waals surface area contributed by atoms with Crippen LogP contribution in [-0.4, -0.2) is 28.5 Å². The molecule has 0 spiro atoms. The third kappa shape index (κ3) is 2.21. The number of amides is 1. The van der Waals surface area contributed by atoms with Crippen molar-refractivity contribution >= 4 is 17.7 Å². The highest BCUT2D eigenvalue weighted by molar-refractivity contribution is 7.99. The van der Waals surface area contributed by atoms with Gasteiger partial charge in [0, 0.05) is 13.0 Å². The Kier molecular flexibility index (Phi) is 3.10. The summed E-state index contributed by atoms with van der Waals surface area (Å²) in [4.78, 5) is 14.2. The summed E-state index contributed by atoms with van der Waals surface area (Å²) in [6.07, 6.45) is 2.98. The highest BCUT2D eigenvalue weighted by Crippen LogP contribution is 2.38. The van der Waals surface area contributed by atoms with Crippen LogP contribution in [-0.2, 0) is 4.79 Å². The van der Waals surface area contributed by atoms with Crippen molar-refractivity contribution in [3.63, 3.8) is 0 Å². The van der Waals surface area contributed by atoms with Gasteiger partial charge in [0.25, 0.3) is 0 Å². The van der Waals surface area contributed by atoms with Crippen molar-refractivity contribution in [2.45, 2.75) is 30.6 Å². The molecule has 3 rings (SSSR count). The summed E-state index contributed by atoms with van der Waals surface area (Å²) < 4.78 is 0. The average Bonchev–Trinajstić information content (AvgIpc) is 2.40. The summed E-state index contributed by atoms with van der Waals surface area (Å²) in [7, 11) is 0. The molecule has 0 N–H and O–H groups in total. The first-order valence-electron chi connectivity index (χ1n) is 6.30. The zero-order valence-electron chi connectivity index (χ0n) is 9.84. The predicted molar refractivity (Wildman–Crippen MR) is 71.0 cm³/mol. The third-order valence-corrected chi connectivity index (χ3v) is 5.06. The Balaban J connectivity index is 1.79. The van der Waals surface area contributed by atoms with E-state index in [9.17, 15) is 4.79 Å². The lowest BCUT2D eigenvalue weighted by Gasteiger charge is -2.41. The zero-order chi connectivity index (χ0) is 11.7. The van der Waals surface area contributed by atoms with Crippen molar-refractivity contribution in [3.05, 3.63) is 35.9 Å². The Hall–Kier alpha value is -0.960. The molecule has 1 aromatic carbocycles. The lowest BCUT2D eigenvalue weighted by Crippen LogP contribution is -2.47. The molecule has 0 radical (unpaired) electrons. The maximum absolute atomic E-state index is 12.1. The van der Waals surface area contributed by atoms with Crippen LogP contribution < -0.4 is 0 Å². The number of carbonyl (C=O) groups excluding carboxylic acids is 1. The van der Waals surface area contributed by atoms with Crippen molar-refractivity contribution < 1.29 is 4.79 Å². The maximum atomic E-state index is 12.1. The second-order valence-electron chi connectivity index (χ2n) is 4.81. The molecule has 0 aromatic heterocycles. The summed E-state index contributed by atoms with van der Waals surface area (Å²) in [5.41, 5.74) is 1.33. The van der Waals surface area contributed by atoms with Gasteiger partial charge in [0.2, 0.25) is 5.91 Å². The van der Waals surface area contributed by atoms with Gasteiger partial charge in [-0.1, -0.05) is 30.3 Å². The monoisotopic (exact) mass is 247 g/mol. The zero-order valence-corrected chi connectivity index (χ0v) is 10.7. The van der Waals surface area contributed by atoms with Gasteiger partial charge in [0.1, 0.15) is 0 Å². The lowest BCUT2D eigenvalue weighted by atomic mass is 9.89. The molecule has 2 heterocycles. The van der Waals surface area contributed by atoms with Gasteiger partial charge in [-0.3, -0.25) is 4.79 Å². The number of piperidine rings is 1. The molecular weight excluding hydrogens is 230 g/mol. The van der Waals surface area contributed by atoms with Gasteiger partial charge in [-0.2, -0.15) is 0 Å². The number of hydrogen-bond donors (Lipinski definition) is 0. The number of carbonyl (C=O) groups is 1. The van der Waals surface area contributed by atoms with E-state index in [2.05, 4.69) is 29.2 Å². The van der Waals surface area contributed by atoms with Crippen LogP contribution in [0, 0.1) is 0 Å². The number of thioether (sulfide) groups is 1. The fraction of sp³-hybridized carbons (Fsp3) is 0.500. The number of fused-ring (bicyclic) bond motifs is 1. The smallest absolute Gasteiger partial charge is 0.224 e. The van der Waals surface area contributed by atoms with Gasteiger partial charge in [0.15, 0.2) is 0 Å². The van der Waals surface area contributed by atoms with Crippen molar-refractivity contribution in [2.24, 2.45) is 0 Å². The van der Waals surface area contributed by atoms with E-state index in [1.165, 1.54) is 11.3 Å². The summed E-state index contributed by atoms with van der Waals surface area (Å²) in [6.45, 7) is 0.970. The fourth-order valence-corrected chi connectivity index (χ4v) is 4.14. The van der Waals surface area contributed by atoms with Crippen LogP contribution in [0.5, 0.6) is 0 Å². The number of benzene rings is 1. The van der Waals surface area contributed by atoms with Crippen LogP contribution in [0.4, 0.5) is 0 Å². The van der Waals surface area contributed by atoms with Gasteiger partial charge in [-0.25, -0.2) is 0 Å². The molecule has 1 amide bonds. The minimum absolute atomic E-state index is 0.349. The quantitative estimate of drug-likeness (QED) is 0.760. The molecule has 0 unspecified atom stereocenters. The topological polar surface area (TPSA) is 20.3 Å². The molecule has 2 nitrogen and oxygen atoms in total. The van der Waals surface area contributed by atoms with Gasteiger partial charge in [-0.15, -0.1) is 11.8 Å². The van der Waals surface area contributed by atoms with Crippen LogP contribution in [0.25, 0.3) is 0 Å². The van der Waals surface area contributed by atoms with E-state index in [0.717, 1.165) is 19.4 Å². The summed E-state index contributed by atoms with van der Waals surface area (Å²) >= 11 is 1.95. The Labute approximate surface area is 106 Å². The van der Waals surface area contributed by atoms with Crippen LogP contribution in [0.3, 0.4) is 0 Å². The van der Waals surface area contributed by atoms with Crippen molar-refractivity contribution in [2.75, 3.05) is 12.3 Å². The first-order valence-corrected chi connectivity index (χ1v) is 7.35. The normalized spacial score (nSPS) is 28.9. The third-order valence-electron chi connectivity index (χ3n) is 3.70. The standard InChI is InChI=1S/C14H17NOS/c16-13-9-12(11-5-2-1-3-6-11)10-14-15(13)7-4-8-17-14/h1-3,5-6,12,14H,4,7-10H2/t12-,14+/m0/s1. The molecule has 2 aliphatic heterocycles. The van der Waals surface area contributed by atoms with E-state index in [1.807, 2.05) is 17.8 Å². The van der Waals surface area contributed by atoms with Crippen LogP contribution >= 0.6 is 11.8 Å². The molecule has 17 heavy (non-hydrogen) atoms. The fourth-order valence-electron chi connectivity index (χ4n) is 2.80. The number of nitrogens with zero attached hydrogens (tertiary/aromatic N) is 1.